The second-order valence-corrected chi connectivity index (χ2v) is 8.81. The van der Waals surface area contributed by atoms with Gasteiger partial charge in [-0.3, -0.25) is 9.78 Å². The predicted molar refractivity (Wildman–Crippen MR) is 131 cm³/mol. The van der Waals surface area contributed by atoms with Crippen LogP contribution in [0.1, 0.15) is 52.4 Å². The molecule has 164 valence electrons. The molecule has 5 heteroatoms. The van der Waals surface area contributed by atoms with E-state index in [9.17, 15) is 4.79 Å². The molecule has 2 aromatic carbocycles. The van der Waals surface area contributed by atoms with E-state index in [1.54, 1.807) is 6.20 Å². The zero-order chi connectivity index (χ0) is 22.1. The number of carbonyl (C=O) groups excluding carboxylic acids is 1. The second-order valence-electron chi connectivity index (χ2n) is 8.81. The number of aromatic nitrogens is 1. The van der Waals surface area contributed by atoms with Crippen LogP contribution >= 0.6 is 0 Å². The summed E-state index contributed by atoms with van der Waals surface area (Å²) in [5.41, 5.74) is 10.3. The van der Waals surface area contributed by atoms with E-state index in [-0.39, 0.29) is 5.54 Å². The highest BCUT2D eigenvalue weighted by atomic mass is 16.1. The van der Waals surface area contributed by atoms with Crippen molar-refractivity contribution in [2.45, 2.75) is 57.9 Å². The van der Waals surface area contributed by atoms with Gasteiger partial charge in [0.15, 0.2) is 0 Å². The zero-order valence-electron chi connectivity index (χ0n) is 18.7. The van der Waals surface area contributed by atoms with Gasteiger partial charge in [0.25, 0.3) is 0 Å². The summed E-state index contributed by atoms with van der Waals surface area (Å²) in [4.78, 5) is 15.2. The summed E-state index contributed by atoms with van der Waals surface area (Å²) in [7, 11) is 0. The van der Waals surface area contributed by atoms with Crippen molar-refractivity contribution >= 4 is 28.7 Å². The predicted octanol–water partition coefficient (Wildman–Crippen LogP) is 5.76. The average molecular weight is 419 g/mol. The number of hydrogen-bond acceptors (Lipinski definition) is 4. The van der Waals surface area contributed by atoms with Gasteiger partial charge in [-0.25, -0.2) is 0 Å². The van der Waals surface area contributed by atoms with E-state index in [1.807, 2.05) is 38.1 Å². The van der Waals surface area contributed by atoms with Crippen molar-refractivity contribution in [1.29, 1.82) is 0 Å². The molecule has 0 atom stereocenters. The summed E-state index contributed by atoms with van der Waals surface area (Å²) >= 11 is 0. The lowest BCUT2D eigenvalue weighted by Crippen LogP contribution is -2.44. The van der Waals surface area contributed by atoms with Gasteiger partial charge >= 0.3 is 0 Å². The first-order chi connectivity index (χ1) is 15.0. The fourth-order valence-corrected chi connectivity index (χ4v) is 3.80. The Bertz CT molecular complexity index is 970. The van der Waals surface area contributed by atoms with E-state index in [0.29, 0.717) is 18.6 Å². The van der Waals surface area contributed by atoms with E-state index < -0.39 is 0 Å². The summed E-state index contributed by atoms with van der Waals surface area (Å²) in [5, 5.41) is 7.10. The smallest absolute Gasteiger partial charge is 0.207 e. The molecule has 3 aromatic rings. The number of amides is 1. The molecule has 1 aromatic heterocycles. The largest absolute Gasteiger partial charge is 0.396 e. The average Bonchev–Trinajstić information content (AvgIpc) is 2.80. The highest BCUT2D eigenvalue weighted by molar-refractivity contribution is 5.98. The van der Waals surface area contributed by atoms with Crippen LogP contribution in [0.2, 0.25) is 0 Å². The molecule has 0 saturated heterocycles. The van der Waals surface area contributed by atoms with E-state index in [2.05, 4.69) is 39.9 Å². The third-order valence-corrected chi connectivity index (χ3v) is 5.66. The fourth-order valence-electron chi connectivity index (χ4n) is 3.80. The van der Waals surface area contributed by atoms with Crippen LogP contribution in [0.3, 0.4) is 0 Å². The highest BCUT2D eigenvalue weighted by Crippen LogP contribution is 2.31. The Morgan fingerprint density at radius 2 is 1.61 bits per heavy atom. The van der Waals surface area contributed by atoms with E-state index in [0.717, 1.165) is 27.7 Å². The van der Waals surface area contributed by atoms with E-state index in [4.69, 9.17) is 5.73 Å². The molecule has 5 nitrogen and oxygen atoms in total. The van der Waals surface area contributed by atoms with Gasteiger partial charge in [-0.1, -0.05) is 81.0 Å². The van der Waals surface area contributed by atoms with Crippen LogP contribution in [0, 0.1) is 0 Å². The third kappa shape index (κ3) is 6.45. The van der Waals surface area contributed by atoms with Gasteiger partial charge in [0.1, 0.15) is 0 Å². The Balaban J connectivity index is 0.000000391. The number of nitrogens with one attached hydrogen (secondary N) is 2. The molecular formula is C26H34N4O. The molecule has 1 aliphatic rings. The maximum atomic E-state index is 10.7. The fraction of sp³-hybridized carbons (Fsp3) is 0.385. The Morgan fingerprint density at radius 1 is 0.968 bits per heavy atom. The molecule has 0 radical (unpaired) electrons. The quantitative estimate of drug-likeness (QED) is 0.445. The van der Waals surface area contributed by atoms with E-state index in [1.165, 1.54) is 38.5 Å². The van der Waals surface area contributed by atoms with Crippen molar-refractivity contribution in [3.8, 4) is 11.1 Å². The normalized spacial score (nSPS) is 13.7. The Labute approximate surface area is 185 Å². The maximum absolute atomic E-state index is 10.7. The van der Waals surface area contributed by atoms with Crippen molar-refractivity contribution in [3.05, 3.63) is 54.7 Å². The topological polar surface area (TPSA) is 80.0 Å². The van der Waals surface area contributed by atoms with Gasteiger partial charge in [-0.05, 0) is 31.0 Å². The number of pyridine rings is 1. The number of rotatable bonds is 6. The first-order valence-corrected chi connectivity index (χ1v) is 11.2. The summed E-state index contributed by atoms with van der Waals surface area (Å²) in [5.74, 6) is 0. The SMILES string of the molecule is C1CCCCC1.CC(C)(CNc1c(N)cnc2cc(-c3ccccc3)ccc12)NC=O. The van der Waals surface area contributed by atoms with Crippen LogP contribution < -0.4 is 16.4 Å². The molecule has 0 aliphatic heterocycles. The maximum Gasteiger partial charge on any atom is 0.207 e. The number of hydrogen-bond donors (Lipinski definition) is 3. The summed E-state index contributed by atoms with van der Waals surface area (Å²) in [6.07, 6.45) is 11.4. The van der Waals surface area contributed by atoms with Gasteiger partial charge in [-0.2, -0.15) is 0 Å². The first-order valence-electron chi connectivity index (χ1n) is 11.2. The molecule has 1 amide bonds. The van der Waals surface area contributed by atoms with Crippen molar-refractivity contribution in [2.75, 3.05) is 17.6 Å². The van der Waals surface area contributed by atoms with Gasteiger partial charge in [0.2, 0.25) is 6.41 Å². The minimum Gasteiger partial charge on any atom is -0.396 e. The van der Waals surface area contributed by atoms with Crippen LogP contribution in [0.5, 0.6) is 0 Å². The lowest BCUT2D eigenvalue weighted by molar-refractivity contribution is -0.110. The molecule has 4 N–H and O–H groups in total. The Kier molecular flexibility index (Phi) is 7.88. The summed E-state index contributed by atoms with van der Waals surface area (Å²) in [6, 6.07) is 16.3. The molecule has 0 bridgehead atoms. The van der Waals surface area contributed by atoms with Gasteiger partial charge in [-0.15, -0.1) is 0 Å². The molecule has 31 heavy (non-hydrogen) atoms. The molecular weight excluding hydrogens is 384 g/mol. The zero-order valence-corrected chi connectivity index (χ0v) is 18.7. The minimum absolute atomic E-state index is 0.381. The van der Waals surface area contributed by atoms with Crippen molar-refractivity contribution in [1.82, 2.24) is 10.3 Å². The van der Waals surface area contributed by atoms with Crippen molar-refractivity contribution in [2.24, 2.45) is 0 Å². The number of anilines is 2. The first kappa shape index (κ1) is 22.6. The van der Waals surface area contributed by atoms with Gasteiger partial charge in [0, 0.05) is 11.9 Å². The van der Waals surface area contributed by atoms with Crippen LogP contribution in [0.25, 0.3) is 22.0 Å². The Morgan fingerprint density at radius 3 is 2.23 bits per heavy atom. The molecule has 1 fully saturated rings. The molecule has 0 spiro atoms. The number of carbonyl (C=O) groups is 1. The monoisotopic (exact) mass is 418 g/mol. The molecule has 1 heterocycles. The second kappa shape index (κ2) is 10.8. The molecule has 1 saturated carbocycles. The highest BCUT2D eigenvalue weighted by Gasteiger charge is 2.17. The van der Waals surface area contributed by atoms with Crippen LogP contribution in [0.4, 0.5) is 11.4 Å². The van der Waals surface area contributed by atoms with Gasteiger partial charge in [0.05, 0.1) is 28.6 Å². The Hall–Kier alpha value is -3.08. The number of nitrogens with two attached hydrogens (primary N) is 1. The standard InChI is InChI=1S/C20H22N4O.C6H12/c1-20(2,24-13-25)12-23-19-16-9-8-15(14-6-4-3-5-7-14)10-18(16)22-11-17(19)21;1-2-4-6-5-3-1/h3-11,13H,12,21H2,1-2H3,(H,22,23)(H,24,25);1-6H2. The van der Waals surface area contributed by atoms with Gasteiger partial charge < -0.3 is 16.4 Å². The number of nitrogen functional groups attached to an aromatic ring is 1. The van der Waals surface area contributed by atoms with Crippen LogP contribution in [-0.2, 0) is 4.79 Å². The number of benzene rings is 2. The lowest BCUT2D eigenvalue weighted by atomic mass is 10.0. The molecule has 4 rings (SSSR count). The summed E-state index contributed by atoms with van der Waals surface area (Å²) < 4.78 is 0. The molecule has 1 aliphatic carbocycles. The third-order valence-electron chi connectivity index (χ3n) is 5.66. The van der Waals surface area contributed by atoms with Crippen molar-refractivity contribution in [3.63, 3.8) is 0 Å². The molecule has 0 unspecified atom stereocenters. The lowest BCUT2D eigenvalue weighted by Gasteiger charge is -2.25. The number of fused-ring (bicyclic) bond motifs is 1. The number of nitrogens with zero attached hydrogens (tertiary/aromatic N) is 1. The van der Waals surface area contributed by atoms with Crippen molar-refractivity contribution < 1.29 is 4.79 Å². The van der Waals surface area contributed by atoms with Crippen LogP contribution in [0.15, 0.2) is 54.7 Å². The minimum atomic E-state index is -0.381. The van der Waals surface area contributed by atoms with Crippen LogP contribution in [-0.4, -0.2) is 23.5 Å². The summed E-state index contributed by atoms with van der Waals surface area (Å²) in [6.45, 7) is 4.44. The van der Waals surface area contributed by atoms with E-state index >= 15 is 0 Å².